The Morgan fingerprint density at radius 3 is 1.97 bits per heavy atom. The second kappa shape index (κ2) is 9.30. The maximum absolute atomic E-state index is 13.0. The molecule has 1 atom stereocenters. The number of carbonyl (C=O) groups excluding carboxylic acids is 1. The summed E-state index contributed by atoms with van der Waals surface area (Å²) in [5, 5.41) is 5.13. The Labute approximate surface area is 190 Å². The molecule has 1 heterocycles. The van der Waals surface area contributed by atoms with Gasteiger partial charge in [0.25, 0.3) is 0 Å². The van der Waals surface area contributed by atoms with Gasteiger partial charge in [0.2, 0.25) is 26.0 Å². The zero-order valence-corrected chi connectivity index (χ0v) is 20.1. The van der Waals surface area contributed by atoms with E-state index in [-0.39, 0.29) is 40.7 Å². The molecule has 2 aromatic rings. The van der Waals surface area contributed by atoms with Gasteiger partial charge in [0.1, 0.15) is 0 Å². The summed E-state index contributed by atoms with van der Waals surface area (Å²) in [6.45, 7) is 4.34. The van der Waals surface area contributed by atoms with Crippen LogP contribution in [0.15, 0.2) is 58.3 Å². The Morgan fingerprint density at radius 2 is 1.47 bits per heavy atom. The van der Waals surface area contributed by atoms with Gasteiger partial charge in [-0.05, 0) is 56.5 Å². The van der Waals surface area contributed by atoms with Gasteiger partial charge in [-0.25, -0.2) is 22.0 Å². The van der Waals surface area contributed by atoms with E-state index in [4.69, 9.17) is 5.14 Å². The lowest BCUT2D eigenvalue weighted by atomic mass is 9.95. The molecule has 0 aromatic heterocycles. The maximum atomic E-state index is 13.0. The van der Waals surface area contributed by atoms with Crippen molar-refractivity contribution in [2.75, 3.05) is 20.1 Å². The molecule has 1 saturated heterocycles. The smallest absolute Gasteiger partial charge is 0.243 e. The van der Waals surface area contributed by atoms with E-state index in [1.807, 2.05) is 13.8 Å². The Morgan fingerprint density at radius 1 is 0.969 bits per heavy atom. The van der Waals surface area contributed by atoms with Gasteiger partial charge in [-0.15, -0.1) is 0 Å². The van der Waals surface area contributed by atoms with Crippen molar-refractivity contribution in [3.8, 4) is 0 Å². The number of nitrogens with zero attached hydrogens (tertiary/aromatic N) is 2. The van der Waals surface area contributed by atoms with Crippen LogP contribution in [0, 0.1) is 12.8 Å². The molecular weight excluding hydrogens is 450 g/mol. The number of benzene rings is 2. The number of nitrogens with two attached hydrogens (primary N) is 1. The highest BCUT2D eigenvalue weighted by Gasteiger charge is 2.34. The largest absolute Gasteiger partial charge is 0.339 e. The molecule has 3 rings (SSSR count). The van der Waals surface area contributed by atoms with E-state index in [1.54, 1.807) is 48.3 Å². The molecule has 1 unspecified atom stereocenters. The average Bonchev–Trinajstić information content (AvgIpc) is 2.77. The normalized spacial score (nSPS) is 17.1. The molecular formula is C22H29N3O5S2. The van der Waals surface area contributed by atoms with E-state index >= 15 is 0 Å². The monoisotopic (exact) mass is 479 g/mol. The SMILES string of the molecule is Cc1ccc(S(=O)(=O)N2CCC(C(=O)N(C)C(C)c3ccc(S(N)(=O)=O)cc3)CC2)cc1. The fourth-order valence-corrected chi connectivity index (χ4v) is 5.83. The molecule has 174 valence electrons. The van der Waals surface area contributed by atoms with Crippen molar-refractivity contribution in [2.45, 2.75) is 42.5 Å². The number of hydrogen-bond acceptors (Lipinski definition) is 5. The van der Waals surface area contributed by atoms with Gasteiger partial charge in [0.05, 0.1) is 15.8 Å². The van der Waals surface area contributed by atoms with Gasteiger partial charge in [-0.2, -0.15) is 4.31 Å². The van der Waals surface area contributed by atoms with E-state index in [9.17, 15) is 21.6 Å². The van der Waals surface area contributed by atoms with Gasteiger partial charge >= 0.3 is 0 Å². The van der Waals surface area contributed by atoms with Crippen LogP contribution >= 0.6 is 0 Å². The minimum Gasteiger partial charge on any atom is -0.339 e. The topological polar surface area (TPSA) is 118 Å². The van der Waals surface area contributed by atoms with Crippen LogP contribution in [0.25, 0.3) is 0 Å². The summed E-state index contributed by atoms with van der Waals surface area (Å²) in [4.78, 5) is 15.0. The Kier molecular flexibility index (Phi) is 7.09. The molecule has 1 aliphatic rings. The van der Waals surface area contributed by atoms with Crippen LogP contribution in [-0.4, -0.2) is 52.1 Å². The van der Waals surface area contributed by atoms with E-state index < -0.39 is 20.0 Å². The van der Waals surface area contributed by atoms with Crippen LogP contribution in [0.5, 0.6) is 0 Å². The zero-order valence-electron chi connectivity index (χ0n) is 18.4. The predicted octanol–water partition coefficient (Wildman–Crippen LogP) is 2.26. The quantitative estimate of drug-likeness (QED) is 0.682. The van der Waals surface area contributed by atoms with Crippen LogP contribution in [0.1, 0.15) is 36.9 Å². The standard InChI is InChI=1S/C22H29N3O5S2/c1-16-4-8-21(9-5-16)32(29,30)25-14-12-19(13-15-25)22(26)24(3)17(2)18-6-10-20(11-7-18)31(23,27)28/h4-11,17,19H,12-15H2,1-3H3,(H2,23,27,28). The van der Waals surface area contributed by atoms with E-state index in [0.717, 1.165) is 11.1 Å². The molecule has 0 radical (unpaired) electrons. The summed E-state index contributed by atoms with van der Waals surface area (Å²) in [5.41, 5.74) is 1.78. The van der Waals surface area contributed by atoms with E-state index in [0.29, 0.717) is 12.8 Å². The molecule has 1 aliphatic heterocycles. The minimum absolute atomic E-state index is 0.0181. The lowest BCUT2D eigenvalue weighted by molar-refractivity contribution is -0.137. The first kappa shape index (κ1) is 24.4. The third-order valence-corrected chi connectivity index (χ3v) is 8.92. The van der Waals surface area contributed by atoms with E-state index in [2.05, 4.69) is 0 Å². The molecule has 0 saturated carbocycles. The minimum atomic E-state index is -3.77. The van der Waals surface area contributed by atoms with Crippen LogP contribution in [0.4, 0.5) is 0 Å². The number of amides is 1. The first-order chi connectivity index (χ1) is 14.9. The van der Waals surface area contributed by atoms with Gasteiger partial charge in [-0.3, -0.25) is 4.79 Å². The summed E-state index contributed by atoms with van der Waals surface area (Å²) < 4.78 is 50.1. The Bertz CT molecular complexity index is 1170. The summed E-state index contributed by atoms with van der Waals surface area (Å²) in [7, 11) is -5.64. The first-order valence-electron chi connectivity index (χ1n) is 10.4. The number of sulfonamides is 2. The molecule has 1 fully saturated rings. The van der Waals surface area contributed by atoms with Crippen LogP contribution < -0.4 is 5.14 Å². The number of aryl methyl sites for hydroxylation is 1. The first-order valence-corrected chi connectivity index (χ1v) is 13.4. The highest BCUT2D eigenvalue weighted by atomic mass is 32.2. The van der Waals surface area contributed by atoms with Gasteiger partial charge in [0.15, 0.2) is 0 Å². The Balaban J connectivity index is 1.63. The lowest BCUT2D eigenvalue weighted by Crippen LogP contribution is -2.43. The molecule has 2 aromatic carbocycles. The zero-order chi connectivity index (χ0) is 23.7. The molecule has 32 heavy (non-hydrogen) atoms. The molecule has 10 heteroatoms. The van der Waals surface area contributed by atoms with Crippen molar-refractivity contribution in [2.24, 2.45) is 11.1 Å². The molecule has 2 N–H and O–H groups in total. The lowest BCUT2D eigenvalue weighted by Gasteiger charge is -2.34. The van der Waals surface area contributed by atoms with Gasteiger partial charge in [0, 0.05) is 26.1 Å². The number of carbonyl (C=O) groups is 1. The molecule has 8 nitrogen and oxygen atoms in total. The van der Waals surface area contributed by atoms with Crippen molar-refractivity contribution in [3.63, 3.8) is 0 Å². The molecule has 0 bridgehead atoms. The van der Waals surface area contributed by atoms with Gasteiger partial charge < -0.3 is 4.90 Å². The van der Waals surface area contributed by atoms with Crippen molar-refractivity contribution in [1.29, 1.82) is 0 Å². The van der Waals surface area contributed by atoms with Gasteiger partial charge in [-0.1, -0.05) is 29.8 Å². The summed E-state index contributed by atoms with van der Waals surface area (Å²) in [6.07, 6.45) is 0.899. The highest BCUT2D eigenvalue weighted by molar-refractivity contribution is 7.89. The highest BCUT2D eigenvalue weighted by Crippen LogP contribution is 2.28. The molecule has 0 aliphatic carbocycles. The number of hydrogen-bond donors (Lipinski definition) is 1. The van der Waals surface area contributed by atoms with Crippen molar-refractivity contribution in [3.05, 3.63) is 59.7 Å². The number of rotatable bonds is 6. The number of piperidine rings is 1. The van der Waals surface area contributed by atoms with E-state index in [1.165, 1.54) is 16.4 Å². The maximum Gasteiger partial charge on any atom is 0.243 e. The molecule has 1 amide bonds. The second-order valence-corrected chi connectivity index (χ2v) is 11.7. The third-order valence-electron chi connectivity index (χ3n) is 6.08. The van der Waals surface area contributed by atoms with Crippen LogP contribution in [-0.2, 0) is 24.8 Å². The van der Waals surface area contributed by atoms with Crippen molar-refractivity contribution in [1.82, 2.24) is 9.21 Å². The van der Waals surface area contributed by atoms with Crippen LogP contribution in [0.3, 0.4) is 0 Å². The van der Waals surface area contributed by atoms with Crippen molar-refractivity contribution >= 4 is 26.0 Å². The summed E-state index contributed by atoms with van der Waals surface area (Å²) in [5.74, 6) is -0.323. The second-order valence-electron chi connectivity index (χ2n) is 8.23. The van der Waals surface area contributed by atoms with Crippen LogP contribution in [0.2, 0.25) is 0 Å². The summed E-state index contributed by atoms with van der Waals surface area (Å²) in [6, 6.07) is 12.6. The fraction of sp³-hybridized carbons (Fsp3) is 0.409. The fourth-order valence-electron chi connectivity index (χ4n) is 3.84. The third kappa shape index (κ3) is 5.20. The molecule has 0 spiro atoms. The average molecular weight is 480 g/mol. The predicted molar refractivity (Wildman–Crippen MR) is 122 cm³/mol. The Hall–Kier alpha value is -2.27. The van der Waals surface area contributed by atoms with Crippen molar-refractivity contribution < 1.29 is 21.6 Å². The summed E-state index contributed by atoms with van der Waals surface area (Å²) >= 11 is 0. The number of primary sulfonamides is 1.